The molecule has 1 aromatic heterocycles. The number of fused-ring (bicyclic) bond motifs is 2. The highest BCUT2D eigenvalue weighted by atomic mass is 35.5. The van der Waals surface area contributed by atoms with E-state index in [1.807, 2.05) is 0 Å². The molecule has 0 bridgehead atoms. The molecule has 3 atom stereocenters. The Bertz CT molecular complexity index is 1730. The summed E-state index contributed by atoms with van der Waals surface area (Å²) in [4.78, 5) is 54.9. The van der Waals surface area contributed by atoms with Crippen molar-refractivity contribution in [3.8, 4) is 0 Å². The van der Waals surface area contributed by atoms with E-state index >= 15 is 0 Å². The van der Waals surface area contributed by atoms with E-state index < -0.39 is 45.5 Å². The number of benzene rings is 3. The molecular weight excluding hydrogens is 596 g/mol. The molecule has 0 aliphatic carbocycles. The Morgan fingerprint density at radius 2 is 1.65 bits per heavy atom. The predicted octanol–water partition coefficient (Wildman–Crippen LogP) is 5.79. The van der Waals surface area contributed by atoms with Gasteiger partial charge in [-0.05, 0) is 48.0 Å². The topological polar surface area (TPSA) is 88.5 Å². The van der Waals surface area contributed by atoms with E-state index in [0.29, 0.717) is 31.9 Å². The highest BCUT2D eigenvalue weighted by molar-refractivity contribution is 8.00. The Hall–Kier alpha value is -3.44. The SMILES string of the molecule is O=C(Cn1c2c(sc1=O)[C@H](c1ccc(F)cc1)C1C(=O)N(c3ccccc3)C(=O)C1S2)Nc1ccc(Cl)c(Cl)c1. The third kappa shape index (κ3) is 4.64. The normalized spacial score (nSPS) is 19.9. The number of hydrogen-bond acceptors (Lipinski definition) is 6. The van der Waals surface area contributed by atoms with E-state index in [9.17, 15) is 23.6 Å². The molecule has 2 aliphatic heterocycles. The van der Waals surface area contributed by atoms with Gasteiger partial charge in [0.05, 0.1) is 26.7 Å². The van der Waals surface area contributed by atoms with E-state index in [1.165, 1.54) is 27.7 Å². The van der Waals surface area contributed by atoms with Crippen LogP contribution >= 0.6 is 46.3 Å². The Morgan fingerprint density at radius 3 is 2.35 bits per heavy atom. The number of carbonyl (C=O) groups is 3. The van der Waals surface area contributed by atoms with Crippen LogP contribution in [0.3, 0.4) is 0 Å². The molecule has 2 aliphatic rings. The van der Waals surface area contributed by atoms with Crippen molar-refractivity contribution >= 4 is 75.4 Å². The molecule has 3 heterocycles. The standard InChI is InChI=1S/C28H18Cl2FN3O4S2/c29-18-11-10-16(12-19(18)30)32-20(35)13-33-27-24(40-28(33)38)21(14-6-8-15(31)9-7-14)22-23(39-27)26(37)34(25(22)36)17-4-2-1-3-5-17/h1-12,21-23H,13H2,(H,32,35)/t21-,22?,23?/m1/s1. The molecule has 40 heavy (non-hydrogen) atoms. The molecule has 1 fully saturated rings. The first-order valence-corrected chi connectivity index (χ1v) is 14.5. The Kier molecular flexibility index (Phi) is 7.03. The molecule has 3 amide bonds. The molecule has 4 aromatic rings. The van der Waals surface area contributed by atoms with Crippen LogP contribution in [0.1, 0.15) is 16.4 Å². The Labute approximate surface area is 245 Å². The summed E-state index contributed by atoms with van der Waals surface area (Å²) in [7, 11) is 0. The van der Waals surface area contributed by atoms with Crippen molar-refractivity contribution in [3.63, 3.8) is 0 Å². The van der Waals surface area contributed by atoms with E-state index in [4.69, 9.17) is 23.2 Å². The minimum absolute atomic E-state index is 0.265. The molecule has 0 spiro atoms. The second-order valence-corrected chi connectivity index (χ2v) is 12.2. The van der Waals surface area contributed by atoms with Crippen molar-refractivity contribution in [3.05, 3.63) is 109 Å². The fraction of sp³-hybridized carbons (Fsp3) is 0.143. The van der Waals surface area contributed by atoms with E-state index in [0.717, 1.165) is 23.1 Å². The van der Waals surface area contributed by atoms with Crippen LogP contribution in [0.25, 0.3) is 0 Å². The number of halogens is 3. The number of hydrogen-bond donors (Lipinski definition) is 1. The molecule has 1 N–H and O–H groups in total. The largest absolute Gasteiger partial charge is 0.324 e. The van der Waals surface area contributed by atoms with Gasteiger partial charge in [-0.1, -0.05) is 76.6 Å². The summed E-state index contributed by atoms with van der Waals surface area (Å²) >= 11 is 14.0. The first kappa shape index (κ1) is 26.8. The second kappa shape index (κ2) is 10.5. The monoisotopic (exact) mass is 613 g/mol. The Morgan fingerprint density at radius 1 is 0.925 bits per heavy atom. The summed E-state index contributed by atoms with van der Waals surface area (Å²) in [6.45, 7) is -0.323. The number of anilines is 2. The summed E-state index contributed by atoms with van der Waals surface area (Å²) in [5.74, 6) is -3.22. The minimum atomic E-state index is -0.839. The average molecular weight is 615 g/mol. The number of thioether (sulfide) groups is 1. The number of thiazole rings is 1. The van der Waals surface area contributed by atoms with E-state index in [1.54, 1.807) is 54.6 Å². The van der Waals surface area contributed by atoms with Gasteiger partial charge in [0, 0.05) is 16.5 Å². The number of aromatic nitrogens is 1. The lowest BCUT2D eigenvalue weighted by Crippen LogP contribution is -2.33. The maximum atomic E-state index is 13.8. The van der Waals surface area contributed by atoms with Gasteiger partial charge in [0.2, 0.25) is 17.7 Å². The fourth-order valence-electron chi connectivity index (χ4n) is 5.03. The molecule has 7 nitrogen and oxygen atoms in total. The van der Waals surface area contributed by atoms with Gasteiger partial charge in [-0.15, -0.1) is 0 Å². The number of nitrogens with zero attached hydrogens (tertiary/aromatic N) is 2. The zero-order valence-corrected chi connectivity index (χ0v) is 23.5. The first-order valence-electron chi connectivity index (χ1n) is 12.1. The summed E-state index contributed by atoms with van der Waals surface area (Å²) in [5.41, 5.74) is 1.46. The maximum absolute atomic E-state index is 13.8. The van der Waals surface area contributed by atoms with Gasteiger partial charge < -0.3 is 5.32 Å². The molecule has 1 saturated heterocycles. The molecular formula is C28H18Cl2FN3O4S2. The zero-order chi connectivity index (χ0) is 28.1. The molecule has 12 heteroatoms. The highest BCUT2D eigenvalue weighted by Gasteiger charge is 2.56. The molecule has 3 aromatic carbocycles. The number of para-hydroxylation sites is 1. The minimum Gasteiger partial charge on any atom is -0.324 e. The van der Waals surface area contributed by atoms with Gasteiger partial charge in [-0.2, -0.15) is 0 Å². The summed E-state index contributed by atoms with van der Waals surface area (Å²) in [6, 6.07) is 19.0. The highest BCUT2D eigenvalue weighted by Crippen LogP contribution is 2.53. The maximum Gasteiger partial charge on any atom is 0.308 e. The van der Waals surface area contributed by atoms with Gasteiger partial charge >= 0.3 is 4.87 Å². The van der Waals surface area contributed by atoms with Gasteiger partial charge in [0.1, 0.15) is 17.6 Å². The van der Waals surface area contributed by atoms with Crippen LogP contribution in [0, 0.1) is 11.7 Å². The van der Waals surface area contributed by atoms with Crippen LogP contribution in [0.2, 0.25) is 10.0 Å². The van der Waals surface area contributed by atoms with Crippen molar-refractivity contribution < 1.29 is 18.8 Å². The summed E-state index contributed by atoms with van der Waals surface area (Å²) in [5, 5.41) is 2.90. The van der Waals surface area contributed by atoms with Crippen molar-refractivity contribution in [1.29, 1.82) is 0 Å². The quantitative estimate of drug-likeness (QED) is 0.288. The third-order valence-electron chi connectivity index (χ3n) is 6.80. The molecule has 2 unspecified atom stereocenters. The molecule has 0 radical (unpaired) electrons. The van der Waals surface area contributed by atoms with Crippen LogP contribution in [0.15, 0.2) is 82.6 Å². The van der Waals surface area contributed by atoms with Crippen molar-refractivity contribution in [2.45, 2.75) is 22.7 Å². The van der Waals surface area contributed by atoms with Gasteiger partial charge in [0.25, 0.3) is 0 Å². The van der Waals surface area contributed by atoms with Crippen LogP contribution in [-0.2, 0) is 20.9 Å². The second-order valence-electron chi connectivity index (χ2n) is 9.24. The Balaban J connectivity index is 1.40. The first-order chi connectivity index (χ1) is 19.2. The molecule has 0 saturated carbocycles. The van der Waals surface area contributed by atoms with E-state index in [2.05, 4.69) is 5.32 Å². The van der Waals surface area contributed by atoms with Crippen molar-refractivity contribution in [1.82, 2.24) is 4.57 Å². The molecule has 6 rings (SSSR count). The lowest BCUT2D eigenvalue weighted by Gasteiger charge is -2.30. The van der Waals surface area contributed by atoms with E-state index in [-0.39, 0.29) is 11.6 Å². The average Bonchev–Trinajstić information content (AvgIpc) is 3.38. The van der Waals surface area contributed by atoms with Crippen molar-refractivity contribution in [2.24, 2.45) is 5.92 Å². The van der Waals surface area contributed by atoms with Crippen LogP contribution in [-0.4, -0.2) is 27.5 Å². The number of rotatable bonds is 5. The molecule has 202 valence electrons. The predicted molar refractivity (Wildman–Crippen MR) is 154 cm³/mol. The van der Waals surface area contributed by atoms with Crippen LogP contribution < -0.4 is 15.1 Å². The van der Waals surface area contributed by atoms with Crippen molar-refractivity contribution in [2.75, 3.05) is 10.2 Å². The van der Waals surface area contributed by atoms with Crippen LogP contribution in [0.4, 0.5) is 15.8 Å². The summed E-state index contributed by atoms with van der Waals surface area (Å²) < 4.78 is 15.1. The number of nitrogens with one attached hydrogen (secondary N) is 1. The van der Waals surface area contributed by atoms with Crippen LogP contribution in [0.5, 0.6) is 0 Å². The number of imide groups is 1. The van der Waals surface area contributed by atoms with Gasteiger partial charge in [-0.3, -0.25) is 23.7 Å². The fourth-order valence-corrected chi connectivity index (χ4v) is 8.11. The number of carbonyl (C=O) groups excluding carboxylic acids is 3. The van der Waals surface area contributed by atoms with Gasteiger partial charge in [0.15, 0.2) is 0 Å². The zero-order valence-electron chi connectivity index (χ0n) is 20.3. The summed E-state index contributed by atoms with van der Waals surface area (Å²) in [6.07, 6.45) is 0. The lowest BCUT2D eigenvalue weighted by atomic mass is 9.83. The van der Waals surface area contributed by atoms with Gasteiger partial charge in [-0.25, -0.2) is 9.29 Å². The number of amides is 3. The smallest absolute Gasteiger partial charge is 0.308 e. The lowest BCUT2D eigenvalue weighted by molar-refractivity contribution is -0.122. The third-order valence-corrected chi connectivity index (χ3v) is 10.1.